The Labute approximate surface area is 54.8 Å². The summed E-state index contributed by atoms with van der Waals surface area (Å²) in [5.41, 5.74) is -0.986. The molecule has 0 bridgehead atoms. The normalized spacial score (nSPS) is 43.1. The summed E-state index contributed by atoms with van der Waals surface area (Å²) >= 11 is 0. The Bertz CT molecular complexity index is 122. The van der Waals surface area contributed by atoms with Crippen molar-refractivity contribution in [2.75, 3.05) is 0 Å². The fraction of sp³-hybridized carbons (Fsp3) is 0.714. The lowest BCUT2D eigenvalue weighted by Gasteiger charge is -2.21. The van der Waals surface area contributed by atoms with Gasteiger partial charge in [-0.2, -0.15) is 0 Å². The lowest BCUT2D eigenvalue weighted by Crippen LogP contribution is -2.34. The zero-order chi connectivity index (χ0) is 6.91. The van der Waals surface area contributed by atoms with Gasteiger partial charge in [-0.05, 0) is 19.3 Å². The van der Waals surface area contributed by atoms with Gasteiger partial charge in [0.1, 0.15) is 5.60 Å². The van der Waals surface area contributed by atoms with Gasteiger partial charge in [0.15, 0.2) is 0 Å². The monoisotopic (exact) mass is 128 g/mol. The number of hydrogen-bond acceptors (Lipinski definition) is 2. The smallest absolute Gasteiger partial charge is 0.108 e. The van der Waals surface area contributed by atoms with Crippen LogP contribution in [0.5, 0.6) is 0 Å². The molecule has 2 nitrogen and oxygen atoms in total. The number of rotatable bonds is 1. The summed E-state index contributed by atoms with van der Waals surface area (Å²) in [7, 11) is 0. The van der Waals surface area contributed by atoms with E-state index in [9.17, 15) is 5.11 Å². The highest BCUT2D eigenvalue weighted by Gasteiger charge is 2.36. The summed E-state index contributed by atoms with van der Waals surface area (Å²) in [6.45, 7) is 3.45. The zero-order valence-corrected chi connectivity index (χ0v) is 5.38. The molecule has 0 unspecified atom stereocenters. The second kappa shape index (κ2) is 2.12. The van der Waals surface area contributed by atoms with E-state index in [-0.39, 0.29) is 0 Å². The first-order valence-corrected chi connectivity index (χ1v) is 3.23. The van der Waals surface area contributed by atoms with Gasteiger partial charge in [0.25, 0.3) is 0 Å². The Kier molecular flexibility index (Phi) is 1.60. The summed E-state index contributed by atoms with van der Waals surface area (Å²) in [6, 6.07) is 0. The maximum absolute atomic E-state index is 9.40. The van der Waals surface area contributed by atoms with Crippen molar-refractivity contribution in [2.45, 2.75) is 31.0 Å². The lowest BCUT2D eigenvalue weighted by atomic mass is 10.0. The first-order chi connectivity index (χ1) is 4.19. The van der Waals surface area contributed by atoms with Crippen LogP contribution in [0.4, 0.5) is 0 Å². The number of aliphatic hydroxyl groups is 2. The van der Waals surface area contributed by atoms with Crippen LogP contribution in [0.15, 0.2) is 12.7 Å². The Morgan fingerprint density at radius 1 is 1.67 bits per heavy atom. The maximum Gasteiger partial charge on any atom is 0.108 e. The topological polar surface area (TPSA) is 40.5 Å². The van der Waals surface area contributed by atoms with Crippen molar-refractivity contribution in [3.63, 3.8) is 0 Å². The Hall–Kier alpha value is -0.340. The fourth-order valence-corrected chi connectivity index (χ4v) is 1.23. The Morgan fingerprint density at radius 3 is 2.56 bits per heavy atom. The van der Waals surface area contributed by atoms with Gasteiger partial charge in [-0.15, -0.1) is 6.58 Å². The van der Waals surface area contributed by atoms with Crippen molar-refractivity contribution in [3.8, 4) is 0 Å². The Morgan fingerprint density at radius 2 is 2.33 bits per heavy atom. The standard InChI is InChI=1S/C7H12O2/c1-2-7(9)5-3-4-6(7)8/h2,6,8-9H,1,3-5H2/t6-,7+/m1/s1. The minimum atomic E-state index is -0.986. The first kappa shape index (κ1) is 6.78. The molecule has 0 amide bonds. The second-order valence-electron chi connectivity index (χ2n) is 2.60. The number of aliphatic hydroxyl groups excluding tert-OH is 1. The van der Waals surface area contributed by atoms with Crippen molar-refractivity contribution in [3.05, 3.63) is 12.7 Å². The zero-order valence-electron chi connectivity index (χ0n) is 5.38. The molecule has 9 heavy (non-hydrogen) atoms. The molecule has 1 saturated carbocycles. The molecule has 1 aliphatic rings. The molecule has 1 fully saturated rings. The van der Waals surface area contributed by atoms with Crippen molar-refractivity contribution in [1.82, 2.24) is 0 Å². The van der Waals surface area contributed by atoms with Crippen molar-refractivity contribution in [1.29, 1.82) is 0 Å². The van der Waals surface area contributed by atoms with E-state index in [2.05, 4.69) is 6.58 Å². The highest BCUT2D eigenvalue weighted by molar-refractivity contribution is 5.04. The van der Waals surface area contributed by atoms with Crippen LogP contribution in [0.2, 0.25) is 0 Å². The third-order valence-electron chi connectivity index (χ3n) is 1.99. The van der Waals surface area contributed by atoms with E-state index in [1.54, 1.807) is 0 Å². The largest absolute Gasteiger partial charge is 0.390 e. The molecule has 2 heteroatoms. The molecule has 0 aliphatic heterocycles. The van der Waals surface area contributed by atoms with E-state index < -0.39 is 11.7 Å². The molecular formula is C7H12O2. The van der Waals surface area contributed by atoms with Crippen molar-refractivity contribution >= 4 is 0 Å². The molecule has 2 N–H and O–H groups in total. The molecule has 2 atom stereocenters. The summed E-state index contributed by atoms with van der Waals surface area (Å²) in [5, 5.41) is 18.5. The summed E-state index contributed by atoms with van der Waals surface area (Å²) in [4.78, 5) is 0. The molecule has 0 spiro atoms. The molecule has 52 valence electrons. The predicted molar refractivity (Wildman–Crippen MR) is 35.0 cm³/mol. The highest BCUT2D eigenvalue weighted by Crippen LogP contribution is 2.30. The van der Waals surface area contributed by atoms with Gasteiger partial charge < -0.3 is 10.2 Å². The molecule has 0 radical (unpaired) electrons. The third kappa shape index (κ3) is 1.00. The van der Waals surface area contributed by atoms with Gasteiger partial charge in [-0.3, -0.25) is 0 Å². The van der Waals surface area contributed by atoms with E-state index in [1.165, 1.54) is 6.08 Å². The average Bonchev–Trinajstić information content (AvgIpc) is 2.15. The molecule has 0 aromatic rings. The first-order valence-electron chi connectivity index (χ1n) is 3.23. The molecule has 0 saturated heterocycles. The van der Waals surface area contributed by atoms with E-state index in [1.807, 2.05) is 0 Å². The van der Waals surface area contributed by atoms with Crippen molar-refractivity contribution < 1.29 is 10.2 Å². The molecule has 1 rings (SSSR count). The Balaban J connectivity index is 2.66. The van der Waals surface area contributed by atoms with Gasteiger partial charge in [0.05, 0.1) is 6.10 Å². The minimum absolute atomic E-state index is 0.588. The highest BCUT2D eigenvalue weighted by atomic mass is 16.3. The van der Waals surface area contributed by atoms with E-state index in [0.29, 0.717) is 12.8 Å². The number of hydrogen-bond donors (Lipinski definition) is 2. The molecular weight excluding hydrogens is 116 g/mol. The molecule has 1 aliphatic carbocycles. The van der Waals surface area contributed by atoms with E-state index in [0.717, 1.165) is 6.42 Å². The third-order valence-corrected chi connectivity index (χ3v) is 1.99. The summed E-state index contributed by atoms with van der Waals surface area (Å²) in [5.74, 6) is 0. The van der Waals surface area contributed by atoms with Crippen LogP contribution in [-0.4, -0.2) is 21.9 Å². The van der Waals surface area contributed by atoms with Crippen LogP contribution in [0, 0.1) is 0 Å². The van der Waals surface area contributed by atoms with Crippen molar-refractivity contribution in [2.24, 2.45) is 0 Å². The quantitative estimate of drug-likeness (QED) is 0.503. The van der Waals surface area contributed by atoms with Gasteiger partial charge >= 0.3 is 0 Å². The van der Waals surface area contributed by atoms with Crippen LogP contribution in [0.3, 0.4) is 0 Å². The average molecular weight is 128 g/mol. The van der Waals surface area contributed by atoms with Crippen LogP contribution in [0.1, 0.15) is 19.3 Å². The predicted octanol–water partition coefficient (Wildman–Crippen LogP) is 0.448. The summed E-state index contributed by atoms with van der Waals surface area (Å²) in [6.07, 6.45) is 3.09. The summed E-state index contributed by atoms with van der Waals surface area (Å²) < 4.78 is 0. The van der Waals surface area contributed by atoms with Crippen LogP contribution >= 0.6 is 0 Å². The maximum atomic E-state index is 9.40. The van der Waals surface area contributed by atoms with Crippen LogP contribution in [-0.2, 0) is 0 Å². The SMILES string of the molecule is C=C[C@]1(O)CCC[C@H]1O. The van der Waals surface area contributed by atoms with Gasteiger partial charge in [-0.25, -0.2) is 0 Å². The van der Waals surface area contributed by atoms with Crippen LogP contribution in [0.25, 0.3) is 0 Å². The molecule has 0 heterocycles. The fourth-order valence-electron chi connectivity index (χ4n) is 1.23. The lowest BCUT2D eigenvalue weighted by molar-refractivity contribution is -0.0154. The molecule has 0 aromatic heterocycles. The van der Waals surface area contributed by atoms with E-state index >= 15 is 0 Å². The van der Waals surface area contributed by atoms with Gasteiger partial charge in [0, 0.05) is 0 Å². The van der Waals surface area contributed by atoms with Gasteiger partial charge in [0.2, 0.25) is 0 Å². The minimum Gasteiger partial charge on any atom is -0.390 e. The molecule has 0 aromatic carbocycles. The second-order valence-corrected chi connectivity index (χ2v) is 2.60. The van der Waals surface area contributed by atoms with E-state index in [4.69, 9.17) is 5.11 Å². The van der Waals surface area contributed by atoms with Crippen LogP contribution < -0.4 is 0 Å². The van der Waals surface area contributed by atoms with Gasteiger partial charge in [-0.1, -0.05) is 6.08 Å².